The molecule has 0 aliphatic carbocycles. The van der Waals surface area contributed by atoms with Gasteiger partial charge < -0.3 is 10.6 Å². The van der Waals surface area contributed by atoms with Gasteiger partial charge in [0, 0.05) is 6.92 Å². The van der Waals surface area contributed by atoms with Gasteiger partial charge in [-0.1, -0.05) is 0 Å². The van der Waals surface area contributed by atoms with Gasteiger partial charge in [0.15, 0.2) is 0 Å². The number of rotatable bonds is 3. The first kappa shape index (κ1) is 6.94. The Balaban J connectivity index is 2.93. The summed E-state index contributed by atoms with van der Waals surface area (Å²) >= 11 is 0. The fourth-order valence-corrected chi connectivity index (χ4v) is 0.205. The first-order valence-electron chi connectivity index (χ1n) is 2.12. The van der Waals surface area contributed by atoms with Gasteiger partial charge in [0.05, 0.1) is 6.67 Å². The molecule has 0 bridgehead atoms. The Morgan fingerprint density at radius 2 is 2.38 bits per heavy atom. The van der Waals surface area contributed by atoms with E-state index in [1.807, 2.05) is 0 Å². The van der Waals surface area contributed by atoms with E-state index in [9.17, 15) is 9.59 Å². The summed E-state index contributed by atoms with van der Waals surface area (Å²) in [6, 6.07) is 0. The van der Waals surface area contributed by atoms with Crippen LogP contribution in [-0.2, 0) is 9.59 Å². The van der Waals surface area contributed by atoms with Crippen molar-refractivity contribution in [3.05, 3.63) is 0 Å². The van der Waals surface area contributed by atoms with Gasteiger partial charge in [-0.05, 0) is 0 Å². The van der Waals surface area contributed by atoms with E-state index in [4.69, 9.17) is 0 Å². The maximum Gasteiger partial charge on any atom is 0.310 e. The molecule has 0 fully saturated rings. The first-order valence-corrected chi connectivity index (χ1v) is 2.12. The third-order valence-electron chi connectivity index (χ3n) is 0.498. The molecule has 2 N–H and O–H groups in total. The molecule has 0 rings (SSSR count). The van der Waals surface area contributed by atoms with Crippen LogP contribution in [0.5, 0.6) is 0 Å². The van der Waals surface area contributed by atoms with Crippen molar-refractivity contribution < 1.29 is 9.59 Å². The van der Waals surface area contributed by atoms with Gasteiger partial charge in [-0.3, -0.25) is 9.59 Å². The predicted octanol–water partition coefficient (Wildman–Crippen LogP) is -1.26. The second-order valence-electron chi connectivity index (χ2n) is 1.19. The fourth-order valence-electron chi connectivity index (χ4n) is 0.205. The second kappa shape index (κ2) is 4.11. The van der Waals surface area contributed by atoms with E-state index < -0.39 is 0 Å². The van der Waals surface area contributed by atoms with Crippen LogP contribution in [-0.4, -0.2) is 19.0 Å². The third-order valence-corrected chi connectivity index (χ3v) is 0.498. The lowest BCUT2D eigenvalue weighted by atomic mass is 10.7. The maximum atomic E-state index is 10.0. The molecule has 4 nitrogen and oxygen atoms in total. The Labute approximate surface area is 47.3 Å². The van der Waals surface area contributed by atoms with Gasteiger partial charge in [0.1, 0.15) is 0 Å². The molecule has 0 unspecified atom stereocenters. The summed E-state index contributed by atoms with van der Waals surface area (Å²) < 4.78 is 0. The quantitative estimate of drug-likeness (QED) is 0.274. The van der Waals surface area contributed by atoms with Crippen molar-refractivity contribution in [2.45, 2.75) is 6.92 Å². The summed E-state index contributed by atoms with van der Waals surface area (Å²) in [7, 11) is 0. The zero-order valence-corrected chi connectivity index (χ0v) is 4.52. The molecule has 0 saturated carbocycles. The molecule has 0 atom stereocenters. The number of carbonyl (C=O) groups is 1. The van der Waals surface area contributed by atoms with Gasteiger partial charge in [0.25, 0.3) is 0 Å². The molecule has 8 heavy (non-hydrogen) atoms. The number of nitrogens with one attached hydrogen (secondary N) is 2. The highest BCUT2D eigenvalue weighted by molar-refractivity contribution is 5.72. The molecule has 0 aromatic heterocycles. The average molecular weight is 115 g/mol. The Hall–Kier alpha value is -1.06. The summed E-state index contributed by atoms with van der Waals surface area (Å²) in [6.07, 6.45) is 1.41. The van der Waals surface area contributed by atoms with Crippen LogP contribution in [0.2, 0.25) is 0 Å². The molecular weight excluding hydrogens is 108 g/mol. The summed E-state index contributed by atoms with van der Waals surface area (Å²) in [6.45, 7) is 1.52. The Morgan fingerprint density at radius 1 is 1.75 bits per heavy atom. The fraction of sp³-hybridized carbons (Fsp3) is 0.500. The highest BCUT2D eigenvalue weighted by Gasteiger charge is 1.84. The zero-order valence-electron chi connectivity index (χ0n) is 4.52. The molecule has 0 aliphatic rings. The smallest absolute Gasteiger partial charge is 0.310 e. The molecule has 45 valence electrons. The predicted molar refractivity (Wildman–Crippen MR) is 27.5 cm³/mol. The van der Waals surface area contributed by atoms with Crippen molar-refractivity contribution >= 4 is 12.3 Å². The van der Waals surface area contributed by atoms with Crippen LogP contribution in [0.15, 0.2) is 0 Å². The van der Waals surface area contributed by atoms with E-state index in [1.165, 1.54) is 13.3 Å². The largest absolute Gasteiger partial charge is 0.339 e. The maximum absolute atomic E-state index is 10.0. The van der Waals surface area contributed by atoms with Crippen LogP contribution < -0.4 is 10.6 Å². The van der Waals surface area contributed by atoms with Crippen LogP contribution in [0.1, 0.15) is 6.92 Å². The highest BCUT2D eigenvalue weighted by atomic mass is 16.2. The molecule has 0 saturated heterocycles. The van der Waals surface area contributed by atoms with Crippen molar-refractivity contribution in [2.24, 2.45) is 0 Å². The van der Waals surface area contributed by atoms with Gasteiger partial charge in [-0.15, -0.1) is 0 Å². The minimum absolute atomic E-state index is 0.152. The topological polar surface area (TPSA) is 58.2 Å². The number of hydrogen-bond donors (Lipinski definition) is 2. The summed E-state index contributed by atoms with van der Waals surface area (Å²) in [5, 5.41) is 4.48. The minimum Gasteiger partial charge on any atom is -0.339 e. The average Bonchev–Trinajstić information content (AvgIpc) is 1.66. The van der Waals surface area contributed by atoms with Crippen LogP contribution in [0.25, 0.3) is 0 Å². The second-order valence-corrected chi connectivity index (χ2v) is 1.19. The SMILES string of the molecule is CC(=O)NCN[C]=O. The molecule has 0 aliphatic heterocycles. The zero-order chi connectivity index (χ0) is 6.41. The highest BCUT2D eigenvalue weighted by Crippen LogP contribution is 1.52. The summed E-state index contributed by atoms with van der Waals surface area (Å²) in [5.74, 6) is -0.173. The lowest BCUT2D eigenvalue weighted by molar-refractivity contribution is -0.118. The van der Waals surface area contributed by atoms with Crippen molar-refractivity contribution in [3.63, 3.8) is 0 Å². The van der Waals surface area contributed by atoms with Gasteiger partial charge in [-0.25, -0.2) is 0 Å². The van der Waals surface area contributed by atoms with Crippen LogP contribution >= 0.6 is 0 Å². The van der Waals surface area contributed by atoms with Crippen molar-refractivity contribution in [3.8, 4) is 0 Å². The van der Waals surface area contributed by atoms with Crippen molar-refractivity contribution in [1.29, 1.82) is 0 Å². The van der Waals surface area contributed by atoms with Crippen LogP contribution in [0.4, 0.5) is 0 Å². The van der Waals surface area contributed by atoms with Crippen molar-refractivity contribution in [2.75, 3.05) is 6.67 Å². The van der Waals surface area contributed by atoms with E-state index in [0.29, 0.717) is 0 Å². The van der Waals surface area contributed by atoms with E-state index in [-0.39, 0.29) is 12.6 Å². The number of amides is 2. The molecule has 1 radical (unpaired) electrons. The normalized spacial score (nSPS) is 7.62. The van der Waals surface area contributed by atoms with E-state index in [2.05, 4.69) is 10.6 Å². The monoisotopic (exact) mass is 115 g/mol. The van der Waals surface area contributed by atoms with Crippen molar-refractivity contribution in [1.82, 2.24) is 10.6 Å². The molecule has 0 aromatic rings. The molecule has 4 heteroatoms. The molecule has 0 spiro atoms. The Kier molecular flexibility index (Phi) is 3.56. The molecule has 0 heterocycles. The lowest BCUT2D eigenvalue weighted by Crippen LogP contribution is -2.31. The third kappa shape index (κ3) is 4.94. The molecular formula is C4H7N2O2. The summed E-state index contributed by atoms with van der Waals surface area (Å²) in [5.41, 5.74) is 0. The first-order chi connectivity index (χ1) is 3.77. The van der Waals surface area contributed by atoms with Crippen LogP contribution in [0.3, 0.4) is 0 Å². The van der Waals surface area contributed by atoms with Gasteiger partial charge >= 0.3 is 6.41 Å². The van der Waals surface area contributed by atoms with Crippen LogP contribution in [0, 0.1) is 0 Å². The van der Waals surface area contributed by atoms with E-state index in [1.54, 1.807) is 0 Å². The summed E-state index contributed by atoms with van der Waals surface area (Å²) in [4.78, 5) is 19.4. The standard InChI is InChI=1S/C4H7N2O2/c1-4(8)6-2-5-3-7/h2H2,1H3,(H,5,7)(H,6,8). The minimum atomic E-state index is -0.173. The molecule has 0 aromatic carbocycles. The Morgan fingerprint density at radius 3 is 2.75 bits per heavy atom. The Bertz CT molecular complexity index is 92.0. The van der Waals surface area contributed by atoms with Gasteiger partial charge in [0.2, 0.25) is 5.91 Å². The number of hydrogen-bond acceptors (Lipinski definition) is 2. The van der Waals surface area contributed by atoms with E-state index >= 15 is 0 Å². The van der Waals surface area contributed by atoms with Gasteiger partial charge in [-0.2, -0.15) is 0 Å². The lowest BCUT2D eigenvalue weighted by Gasteiger charge is -1.95. The number of carbonyl (C=O) groups excluding carboxylic acids is 2. The molecule has 2 amide bonds. The van der Waals surface area contributed by atoms with E-state index in [0.717, 1.165) is 0 Å².